The molecule has 2 heterocycles. The number of hydrogen-bond acceptors (Lipinski definition) is 17. The minimum Gasteiger partial charge on any atom is -0.481 e. The largest absolute Gasteiger partial charge is 0.481 e. The van der Waals surface area contributed by atoms with Gasteiger partial charge in [-0.1, -0.05) is 89.2 Å². The van der Waals surface area contributed by atoms with Crippen LogP contribution >= 0.6 is 35.7 Å². The minimum absolute atomic E-state index is 0.0345. The molecule has 23 heteroatoms. The molecule has 1 aromatic carbocycles. The first-order valence-corrected chi connectivity index (χ1v) is 26.9. The zero-order valence-corrected chi connectivity index (χ0v) is 45.6. The van der Waals surface area contributed by atoms with Crippen LogP contribution in [0.3, 0.4) is 0 Å². The molecule has 0 aromatic heterocycles. The Bertz CT molecular complexity index is 2240. The van der Waals surface area contributed by atoms with Crippen LogP contribution in [0.2, 0.25) is 0 Å². The number of nitrogens with zero attached hydrogens (tertiary/aromatic N) is 4. The number of hydrogen-bond donors (Lipinski definition) is 8. The maximum atomic E-state index is 14.6. The van der Waals surface area contributed by atoms with E-state index in [1.54, 1.807) is 32.9 Å². The van der Waals surface area contributed by atoms with Gasteiger partial charge in [-0.3, -0.25) is 39.1 Å². The van der Waals surface area contributed by atoms with Gasteiger partial charge in [0, 0.05) is 40.8 Å². The molecule has 3 rings (SSSR count). The van der Waals surface area contributed by atoms with Crippen LogP contribution < -0.4 is 21.3 Å². The van der Waals surface area contributed by atoms with Crippen molar-refractivity contribution >= 4 is 110 Å². The van der Waals surface area contributed by atoms with E-state index in [2.05, 4.69) is 55.1 Å². The summed E-state index contributed by atoms with van der Waals surface area (Å²) in [6, 6.07) is 3.31. The highest BCUT2D eigenvalue weighted by atomic mass is 32.2. The normalized spacial score (nSPS) is 17.8. The molecule has 8 N–H and O–H groups in total. The number of guanidine groups is 1. The fourth-order valence-electron chi connectivity index (χ4n) is 8.04. The molecule has 1 aromatic rings. The highest BCUT2D eigenvalue weighted by Crippen LogP contribution is 2.41. The quantitative estimate of drug-likeness (QED) is 0.0213. The van der Waals surface area contributed by atoms with Crippen LogP contribution in [0.5, 0.6) is 0 Å². The number of anilines is 1. The molecule has 20 nitrogen and oxygen atoms in total. The number of esters is 1. The van der Waals surface area contributed by atoms with Gasteiger partial charge in [0.25, 0.3) is 5.91 Å². The van der Waals surface area contributed by atoms with Gasteiger partial charge in [0.05, 0.1) is 31.0 Å². The molecule has 0 aliphatic carbocycles. The number of carbonyl (C=O) groups is 7. The van der Waals surface area contributed by atoms with E-state index in [1.165, 1.54) is 89.6 Å². The monoisotopic (exact) mass is 1070 g/mol. The van der Waals surface area contributed by atoms with Gasteiger partial charge in [0.1, 0.15) is 14.3 Å². The molecule has 0 saturated heterocycles. The third kappa shape index (κ3) is 21.2. The number of aliphatic carboxylic acids is 3. The topological polar surface area (TPSA) is 307 Å². The second-order valence-electron chi connectivity index (χ2n) is 19.5. The number of nitrogens with one attached hydrogen (secondary N) is 4. The number of unbranched alkanes of at least 4 members (excludes halogenated alkanes) is 7. The van der Waals surface area contributed by atoms with Crippen molar-refractivity contribution in [2.75, 3.05) is 19.0 Å². The van der Waals surface area contributed by atoms with E-state index in [1.807, 2.05) is 0 Å². The number of carboxylic acids is 3. The van der Waals surface area contributed by atoms with Gasteiger partial charge >= 0.3 is 23.9 Å². The third-order valence-electron chi connectivity index (χ3n) is 12.2. The zero-order valence-electron chi connectivity index (χ0n) is 43.1. The number of thioether (sulfide) groups is 2. The van der Waals surface area contributed by atoms with Crippen molar-refractivity contribution in [2.24, 2.45) is 37.2 Å². The van der Waals surface area contributed by atoms with E-state index in [9.17, 15) is 48.9 Å². The Hall–Kier alpha value is -5.26. The fraction of sp³-hybridized carbons (Fsp3) is 0.640. The first kappa shape index (κ1) is 62.0. The van der Waals surface area contributed by atoms with Crippen LogP contribution in [0.25, 0.3) is 0 Å². The summed E-state index contributed by atoms with van der Waals surface area (Å²) < 4.78 is 4.33. The van der Waals surface area contributed by atoms with Crippen molar-refractivity contribution < 1.29 is 58.7 Å². The average molecular weight is 1080 g/mol. The van der Waals surface area contributed by atoms with Crippen molar-refractivity contribution in [2.45, 2.75) is 173 Å². The summed E-state index contributed by atoms with van der Waals surface area (Å²) in [7, 11) is 1.24. The molecule has 0 spiro atoms. The van der Waals surface area contributed by atoms with Crippen molar-refractivity contribution in [1.29, 1.82) is 0 Å². The van der Waals surface area contributed by atoms with Crippen LogP contribution in [0.15, 0.2) is 44.2 Å². The maximum Gasteiger partial charge on any atom is 0.326 e. The molecule has 73 heavy (non-hydrogen) atoms. The number of aliphatic hydroxyl groups is 1. The van der Waals surface area contributed by atoms with Gasteiger partial charge in [-0.25, -0.2) is 14.8 Å². The Morgan fingerprint density at radius 2 is 1.47 bits per heavy atom. The van der Waals surface area contributed by atoms with Crippen molar-refractivity contribution in [3.05, 3.63) is 29.8 Å². The zero-order chi connectivity index (χ0) is 54.5. The Kier molecular flexibility index (Phi) is 25.7. The van der Waals surface area contributed by atoms with E-state index >= 15 is 0 Å². The summed E-state index contributed by atoms with van der Waals surface area (Å²) in [4.78, 5) is 107. The number of amides is 3. The SMILES string of the molecule is CCCCCCCCCCC(C)SC(=S)SC(C)(CC(CC(CC(C)(C)C(=O)O)C(=O)NC(C)C)C(=O)NC1=NC(O)C2N=C(CNc3ccc(C(=O)NC(CCC(=O)O)C(=O)O)cc3)C=NC2=N1)C(=O)OC. The lowest BCUT2D eigenvalue weighted by molar-refractivity contribution is -0.148. The summed E-state index contributed by atoms with van der Waals surface area (Å²) in [5.74, 6) is -8.63. The van der Waals surface area contributed by atoms with Gasteiger partial charge in [-0.2, -0.15) is 4.99 Å². The number of aliphatic hydroxyl groups excluding tert-OH is 1. The first-order chi connectivity index (χ1) is 34.4. The van der Waals surface area contributed by atoms with Crippen LogP contribution in [0.4, 0.5) is 5.69 Å². The van der Waals surface area contributed by atoms with E-state index in [0.29, 0.717) is 14.9 Å². The highest BCUT2D eigenvalue weighted by molar-refractivity contribution is 8.47. The molecule has 3 amide bonds. The van der Waals surface area contributed by atoms with Gasteiger partial charge in [-0.05, 0) is 91.0 Å². The predicted molar refractivity (Wildman–Crippen MR) is 290 cm³/mol. The van der Waals surface area contributed by atoms with E-state index in [-0.39, 0.29) is 60.9 Å². The highest BCUT2D eigenvalue weighted by Gasteiger charge is 2.44. The molecular weight excluding hydrogens is 1000 g/mol. The Balaban J connectivity index is 1.81. The number of aliphatic imine (C=N–C) groups is 4. The lowest BCUT2D eigenvalue weighted by atomic mass is 9.77. The summed E-state index contributed by atoms with van der Waals surface area (Å²) in [6.45, 7) is 12.5. The number of ether oxygens (including phenoxy) is 1. The molecule has 7 atom stereocenters. The number of benzene rings is 1. The summed E-state index contributed by atoms with van der Waals surface area (Å²) in [5, 5.41) is 50.7. The van der Waals surface area contributed by atoms with Gasteiger partial charge in [0.2, 0.25) is 17.8 Å². The lowest BCUT2D eigenvalue weighted by Crippen LogP contribution is -2.47. The lowest BCUT2D eigenvalue weighted by Gasteiger charge is -2.33. The summed E-state index contributed by atoms with van der Waals surface area (Å²) in [6.07, 6.45) is 9.09. The number of methoxy groups -OCH3 is 1. The van der Waals surface area contributed by atoms with Crippen LogP contribution in [-0.2, 0) is 33.5 Å². The molecule has 0 radical (unpaired) electrons. The number of carboxylic acid groups (broad SMARTS) is 3. The Labute approximate surface area is 441 Å². The standard InChI is InChI=1S/C50H74N8O12S3/c1-9-10-11-12-13-14-15-16-17-30(4)72-48(71)73-50(7,46(69)70-8)26-33(24-32(41(62)53-29(2)3)25-49(5,6)45(67)68)42(63)57-47-56-39-38(43(64)58-47)54-35(28-52-39)27-51-34-20-18-31(19-21-34)40(61)55-36(44(65)66)22-23-37(59)60/h18-21,28-30,32-33,36,38,43,51,64H,9-17,22-27H2,1-8H3,(H,53,62)(H,55,61)(H,59,60)(H,65,66)(H,67,68)(H,57,58,63). The number of thiocarbonyl (C=S) groups is 1. The van der Waals surface area contributed by atoms with E-state index in [0.717, 1.165) is 31.0 Å². The molecule has 0 bridgehead atoms. The summed E-state index contributed by atoms with van der Waals surface area (Å²) >= 11 is 8.42. The fourth-order valence-corrected chi connectivity index (χ4v) is 11.8. The Morgan fingerprint density at radius 1 is 0.836 bits per heavy atom. The van der Waals surface area contributed by atoms with Crippen LogP contribution in [0, 0.1) is 17.3 Å². The van der Waals surface area contributed by atoms with Crippen molar-refractivity contribution in [3.8, 4) is 0 Å². The van der Waals surface area contributed by atoms with Gasteiger partial charge < -0.3 is 41.1 Å². The molecule has 2 aliphatic heterocycles. The van der Waals surface area contributed by atoms with Crippen LogP contribution in [-0.4, -0.2) is 137 Å². The van der Waals surface area contributed by atoms with Crippen molar-refractivity contribution in [1.82, 2.24) is 16.0 Å². The molecule has 0 fully saturated rings. The van der Waals surface area contributed by atoms with Gasteiger partial charge in [-0.15, -0.1) is 11.8 Å². The third-order valence-corrected chi connectivity index (χ3v) is 15.0. The van der Waals surface area contributed by atoms with Gasteiger partial charge in [0.15, 0.2) is 18.1 Å². The number of rotatable bonds is 31. The number of carbonyl (C=O) groups excluding carboxylic acids is 4. The average Bonchev–Trinajstić information content (AvgIpc) is 3.31. The van der Waals surface area contributed by atoms with Crippen LogP contribution in [0.1, 0.15) is 149 Å². The molecule has 2 aliphatic rings. The smallest absolute Gasteiger partial charge is 0.326 e. The predicted octanol–water partition coefficient (Wildman–Crippen LogP) is 6.88. The Morgan fingerprint density at radius 3 is 2.05 bits per heavy atom. The summed E-state index contributed by atoms with van der Waals surface area (Å²) in [5.41, 5.74) is -0.287. The van der Waals surface area contributed by atoms with Crippen molar-refractivity contribution in [3.63, 3.8) is 0 Å². The molecular formula is C50H74N8O12S3. The minimum atomic E-state index is -1.55. The molecule has 0 saturated carbocycles. The van der Waals surface area contributed by atoms with E-state index < -0.39 is 88.3 Å². The number of amidine groups is 1. The molecule has 404 valence electrons. The maximum absolute atomic E-state index is 14.6. The second-order valence-corrected chi connectivity index (χ2v) is 23.7. The first-order valence-electron chi connectivity index (χ1n) is 24.7. The number of fused-ring (bicyclic) bond motifs is 1. The van der Waals surface area contributed by atoms with E-state index in [4.69, 9.17) is 22.1 Å². The molecule has 7 unspecified atom stereocenters. The second kappa shape index (κ2) is 30.2.